The van der Waals surface area contributed by atoms with Gasteiger partial charge >= 0.3 is 6.18 Å². The van der Waals surface area contributed by atoms with Gasteiger partial charge in [-0.2, -0.15) is 23.0 Å². The fourth-order valence-corrected chi connectivity index (χ4v) is 3.44. The van der Waals surface area contributed by atoms with Gasteiger partial charge in [0.2, 0.25) is 0 Å². The molecule has 0 spiro atoms. The number of alkyl halides is 3. The molecule has 0 aliphatic rings. The summed E-state index contributed by atoms with van der Waals surface area (Å²) < 4.78 is 38.7. The molecule has 1 N–H and O–H groups in total. The molecule has 12 heteroatoms. The zero-order valence-corrected chi connectivity index (χ0v) is 16.5. The Kier molecular flexibility index (Phi) is 6.38. The van der Waals surface area contributed by atoms with E-state index in [9.17, 15) is 18.0 Å². The lowest BCUT2D eigenvalue weighted by Gasteiger charge is -2.14. The second-order valence-electron chi connectivity index (χ2n) is 5.85. The Balaban J connectivity index is 1.76. The molecule has 1 atom stereocenters. The monoisotopic (exact) mass is 442 g/mol. The van der Waals surface area contributed by atoms with Crippen LogP contribution in [-0.2, 0) is 0 Å². The van der Waals surface area contributed by atoms with Gasteiger partial charge in [0, 0.05) is 27.9 Å². The minimum Gasteiger partial charge on any atom is -0.342 e. The van der Waals surface area contributed by atoms with Gasteiger partial charge in [0.1, 0.15) is 6.33 Å². The van der Waals surface area contributed by atoms with Crippen molar-refractivity contribution in [3.8, 4) is 5.95 Å². The lowest BCUT2D eigenvalue weighted by atomic mass is 10.2. The Bertz CT molecular complexity index is 998. The third kappa shape index (κ3) is 5.67. The molecule has 2 heterocycles. The second kappa shape index (κ2) is 8.78. The van der Waals surface area contributed by atoms with Crippen LogP contribution in [0.25, 0.3) is 5.95 Å². The number of carbonyl (C=O) groups excluding carboxylic acids is 1. The maximum atomic E-state index is 12.6. The van der Waals surface area contributed by atoms with Crippen molar-refractivity contribution in [3.63, 3.8) is 0 Å². The van der Waals surface area contributed by atoms with Crippen LogP contribution in [0.5, 0.6) is 0 Å². The molecule has 2 aromatic heterocycles. The first-order valence-corrected chi connectivity index (χ1v) is 9.57. The van der Waals surface area contributed by atoms with E-state index in [-0.39, 0.29) is 21.4 Å². The number of rotatable bonds is 6. The van der Waals surface area contributed by atoms with Gasteiger partial charge in [-0.1, -0.05) is 11.6 Å². The molecule has 0 aliphatic carbocycles. The number of thioether (sulfide) groups is 1. The summed E-state index contributed by atoms with van der Waals surface area (Å²) in [4.78, 5) is 25.2. The smallest absolute Gasteiger partial charge is 0.342 e. The molecule has 1 aromatic carbocycles. The number of carbonyl (C=O) groups is 1. The Hall–Kier alpha value is -2.66. The van der Waals surface area contributed by atoms with E-state index in [1.54, 1.807) is 25.4 Å². The van der Waals surface area contributed by atoms with E-state index in [0.717, 1.165) is 0 Å². The van der Waals surface area contributed by atoms with E-state index < -0.39 is 23.9 Å². The summed E-state index contributed by atoms with van der Waals surface area (Å²) in [7, 11) is 0. The summed E-state index contributed by atoms with van der Waals surface area (Å²) in [6.45, 7) is 1.69. The molecule has 3 rings (SSSR count). The van der Waals surface area contributed by atoms with Gasteiger partial charge in [-0.25, -0.2) is 15.0 Å². The summed E-state index contributed by atoms with van der Waals surface area (Å²) in [5.41, 5.74) is 0.135. The van der Waals surface area contributed by atoms with Crippen LogP contribution in [-0.4, -0.2) is 42.6 Å². The molecular formula is C17H14ClF3N6OS. The summed E-state index contributed by atoms with van der Waals surface area (Å²) >= 11 is 6.52. The first-order chi connectivity index (χ1) is 13.7. The van der Waals surface area contributed by atoms with E-state index in [4.69, 9.17) is 11.6 Å². The molecule has 0 bridgehead atoms. The number of nitrogens with zero attached hydrogens (tertiary/aromatic N) is 5. The van der Waals surface area contributed by atoms with Crippen LogP contribution in [0.15, 0.2) is 47.9 Å². The molecule has 3 aromatic rings. The van der Waals surface area contributed by atoms with Crippen LogP contribution in [0.4, 0.5) is 13.2 Å². The van der Waals surface area contributed by atoms with Gasteiger partial charge in [-0.05, 0) is 31.2 Å². The lowest BCUT2D eigenvalue weighted by Crippen LogP contribution is -2.29. The van der Waals surface area contributed by atoms with E-state index in [0.29, 0.717) is 17.6 Å². The summed E-state index contributed by atoms with van der Waals surface area (Å²) in [6.07, 6.45) is 0.0689. The molecule has 152 valence electrons. The highest BCUT2D eigenvalue weighted by Crippen LogP contribution is 2.30. The Labute approximate surface area is 172 Å². The average molecular weight is 443 g/mol. The zero-order chi connectivity index (χ0) is 21.0. The maximum absolute atomic E-state index is 12.6. The number of aromatic nitrogens is 5. The average Bonchev–Trinajstić information content (AvgIpc) is 3.16. The number of nitrogens with one attached hydrogen (secondary N) is 1. The van der Waals surface area contributed by atoms with Gasteiger partial charge < -0.3 is 5.32 Å². The second-order valence-corrected chi connectivity index (χ2v) is 7.34. The van der Waals surface area contributed by atoms with Crippen LogP contribution in [0, 0.1) is 0 Å². The molecule has 0 saturated carbocycles. The highest BCUT2D eigenvalue weighted by molar-refractivity contribution is 7.99. The molecule has 29 heavy (non-hydrogen) atoms. The minimum atomic E-state index is -4.33. The molecule has 0 fully saturated rings. The highest BCUT2D eigenvalue weighted by Gasteiger charge is 2.27. The molecular weight excluding hydrogens is 429 g/mol. The number of halogens is 4. The van der Waals surface area contributed by atoms with Crippen molar-refractivity contribution in [2.24, 2.45) is 0 Å². The van der Waals surface area contributed by atoms with Crippen LogP contribution < -0.4 is 5.32 Å². The first kappa shape index (κ1) is 21.1. The Morgan fingerprint density at radius 2 is 1.97 bits per heavy atom. The maximum Gasteiger partial charge on any atom is 0.398 e. The van der Waals surface area contributed by atoms with Gasteiger partial charge in [-0.15, -0.1) is 11.8 Å². The lowest BCUT2D eigenvalue weighted by molar-refractivity contribution is -0.105. The number of hydrogen-bond acceptors (Lipinski definition) is 6. The quantitative estimate of drug-likeness (QED) is 0.583. The fourth-order valence-electron chi connectivity index (χ4n) is 2.39. The van der Waals surface area contributed by atoms with Crippen LogP contribution >= 0.6 is 23.4 Å². The van der Waals surface area contributed by atoms with E-state index in [2.05, 4.69) is 25.4 Å². The predicted molar refractivity (Wildman–Crippen MR) is 101 cm³/mol. The SMILES string of the molecule is C[C@H](NC(=O)c1cc(Cl)cc(SCC(F)(F)F)c1)c1ncnn1-c1ncccn1. The molecule has 0 radical (unpaired) electrons. The highest BCUT2D eigenvalue weighted by atomic mass is 35.5. The summed E-state index contributed by atoms with van der Waals surface area (Å²) in [5.74, 6) is -0.921. The summed E-state index contributed by atoms with van der Waals surface area (Å²) in [6, 6.07) is 5.18. The predicted octanol–water partition coefficient (Wildman–Crippen LogP) is 3.86. The van der Waals surface area contributed by atoms with Crippen molar-refractivity contribution in [3.05, 3.63) is 59.4 Å². The molecule has 7 nitrogen and oxygen atoms in total. The third-order valence-electron chi connectivity index (χ3n) is 3.59. The topological polar surface area (TPSA) is 85.6 Å². The third-order valence-corrected chi connectivity index (χ3v) is 4.85. The van der Waals surface area contributed by atoms with Crippen molar-refractivity contribution < 1.29 is 18.0 Å². The first-order valence-electron chi connectivity index (χ1n) is 8.21. The number of hydrogen-bond donors (Lipinski definition) is 1. The van der Waals surface area contributed by atoms with Crippen molar-refractivity contribution in [2.45, 2.75) is 24.0 Å². The van der Waals surface area contributed by atoms with Crippen LogP contribution in [0.2, 0.25) is 5.02 Å². The number of amides is 1. The normalized spacial score (nSPS) is 12.6. The number of benzene rings is 1. The van der Waals surface area contributed by atoms with Gasteiger partial charge in [0.25, 0.3) is 11.9 Å². The van der Waals surface area contributed by atoms with E-state index >= 15 is 0 Å². The van der Waals surface area contributed by atoms with E-state index in [1.165, 1.54) is 29.2 Å². The Morgan fingerprint density at radius 1 is 1.24 bits per heavy atom. The van der Waals surface area contributed by atoms with Crippen molar-refractivity contribution in [1.29, 1.82) is 0 Å². The van der Waals surface area contributed by atoms with E-state index in [1.807, 2.05) is 0 Å². The van der Waals surface area contributed by atoms with Crippen LogP contribution in [0.3, 0.4) is 0 Å². The zero-order valence-electron chi connectivity index (χ0n) is 14.9. The van der Waals surface area contributed by atoms with Crippen molar-refractivity contribution >= 4 is 29.3 Å². The summed E-state index contributed by atoms with van der Waals surface area (Å²) in [5, 5.41) is 6.95. The largest absolute Gasteiger partial charge is 0.398 e. The molecule has 1 amide bonds. The van der Waals surface area contributed by atoms with Gasteiger partial charge in [0.15, 0.2) is 5.82 Å². The Morgan fingerprint density at radius 3 is 2.66 bits per heavy atom. The van der Waals surface area contributed by atoms with Gasteiger partial charge in [0.05, 0.1) is 11.8 Å². The molecule has 0 aliphatic heterocycles. The molecule has 0 unspecified atom stereocenters. The van der Waals surface area contributed by atoms with Crippen molar-refractivity contribution in [2.75, 3.05) is 5.75 Å². The standard InChI is InChI=1S/C17H14ClF3N6OS/c1-10(14-24-9-25-27(14)16-22-3-2-4-23-16)26-15(28)11-5-12(18)7-13(6-11)29-8-17(19,20)21/h2-7,9-10H,8H2,1H3,(H,26,28)/t10-/m0/s1. The molecule has 0 saturated heterocycles. The fraction of sp³-hybridized carbons (Fsp3) is 0.235. The van der Waals surface area contributed by atoms with Crippen LogP contribution in [0.1, 0.15) is 29.1 Å². The minimum absolute atomic E-state index is 0.135. The van der Waals surface area contributed by atoms with Gasteiger partial charge in [-0.3, -0.25) is 4.79 Å². The van der Waals surface area contributed by atoms with Crippen molar-refractivity contribution in [1.82, 2.24) is 30.0 Å².